The number of hydrogen-bond donors (Lipinski definition) is 1. The number of hydrogen-bond acceptors (Lipinski definition) is 6. The summed E-state index contributed by atoms with van der Waals surface area (Å²) < 4.78 is 43.4. The number of rotatable bonds is 8. The molecule has 0 heterocycles. The summed E-state index contributed by atoms with van der Waals surface area (Å²) in [6, 6.07) is 9.70. The number of para-hydroxylation sites is 1. The topological polar surface area (TPSA) is 94.2 Å². The second-order valence-electron chi connectivity index (χ2n) is 5.96. The third-order valence-electron chi connectivity index (χ3n) is 4.05. The lowest BCUT2D eigenvalue weighted by molar-refractivity contribution is -0.114. The van der Waals surface area contributed by atoms with E-state index in [-0.39, 0.29) is 23.1 Å². The molecular formula is C19H24N2O6S. The first kappa shape index (κ1) is 21.5. The Morgan fingerprint density at radius 3 is 2.29 bits per heavy atom. The quantitative estimate of drug-likeness (QED) is 0.721. The van der Waals surface area contributed by atoms with E-state index >= 15 is 0 Å². The SMILES string of the molecule is COc1ccc(NC(C)=O)cc1S(=O)(=O)N(C)Cc1cccc(OC)c1OC. The van der Waals surface area contributed by atoms with Crippen LogP contribution < -0.4 is 19.5 Å². The van der Waals surface area contributed by atoms with E-state index in [1.807, 2.05) is 0 Å². The van der Waals surface area contributed by atoms with Gasteiger partial charge in [0.1, 0.15) is 10.6 Å². The molecule has 0 radical (unpaired) electrons. The van der Waals surface area contributed by atoms with Crippen molar-refractivity contribution in [3.63, 3.8) is 0 Å². The number of nitrogens with one attached hydrogen (secondary N) is 1. The second kappa shape index (κ2) is 8.94. The van der Waals surface area contributed by atoms with Crippen LogP contribution in [0.3, 0.4) is 0 Å². The molecule has 1 amide bonds. The van der Waals surface area contributed by atoms with Crippen LogP contribution in [0.15, 0.2) is 41.3 Å². The van der Waals surface area contributed by atoms with E-state index in [9.17, 15) is 13.2 Å². The fourth-order valence-electron chi connectivity index (χ4n) is 2.73. The largest absolute Gasteiger partial charge is 0.495 e. The summed E-state index contributed by atoms with van der Waals surface area (Å²) in [5, 5.41) is 2.58. The van der Waals surface area contributed by atoms with Crippen LogP contribution in [-0.2, 0) is 21.4 Å². The molecule has 0 aromatic heterocycles. The minimum Gasteiger partial charge on any atom is -0.495 e. The molecule has 0 aliphatic rings. The Labute approximate surface area is 165 Å². The third-order valence-corrected chi connectivity index (χ3v) is 5.87. The lowest BCUT2D eigenvalue weighted by atomic mass is 10.2. The number of sulfonamides is 1. The van der Waals surface area contributed by atoms with Crippen LogP contribution in [0, 0.1) is 0 Å². The standard InChI is InChI=1S/C19H24N2O6S/c1-13(22)20-15-9-10-16(25-3)18(11-15)28(23,24)21(2)12-14-7-6-8-17(26-4)19(14)27-5/h6-11H,12H2,1-5H3,(H,20,22). The molecule has 0 spiro atoms. The van der Waals surface area contributed by atoms with Crippen molar-refractivity contribution in [3.8, 4) is 17.2 Å². The molecule has 0 unspecified atom stereocenters. The van der Waals surface area contributed by atoms with Gasteiger partial charge < -0.3 is 19.5 Å². The Balaban J connectivity index is 2.43. The zero-order valence-corrected chi connectivity index (χ0v) is 17.3. The van der Waals surface area contributed by atoms with E-state index < -0.39 is 10.0 Å². The number of carbonyl (C=O) groups excluding carboxylic acids is 1. The van der Waals surface area contributed by atoms with Crippen molar-refractivity contribution in [2.75, 3.05) is 33.7 Å². The normalized spacial score (nSPS) is 11.2. The molecule has 0 fully saturated rings. The number of anilines is 1. The summed E-state index contributed by atoms with van der Waals surface area (Å²) in [4.78, 5) is 11.3. The average molecular weight is 408 g/mol. The van der Waals surface area contributed by atoms with Gasteiger partial charge in [-0.25, -0.2) is 8.42 Å². The molecule has 8 nitrogen and oxygen atoms in total. The molecule has 9 heteroatoms. The van der Waals surface area contributed by atoms with Crippen molar-refractivity contribution in [1.82, 2.24) is 4.31 Å². The van der Waals surface area contributed by atoms with Crippen LogP contribution >= 0.6 is 0 Å². The minimum atomic E-state index is -3.92. The van der Waals surface area contributed by atoms with Gasteiger partial charge in [-0.2, -0.15) is 4.31 Å². The highest BCUT2D eigenvalue weighted by atomic mass is 32.2. The van der Waals surface area contributed by atoms with E-state index in [0.717, 1.165) is 0 Å². The van der Waals surface area contributed by atoms with Crippen LogP contribution in [-0.4, -0.2) is 47.0 Å². The van der Waals surface area contributed by atoms with Crippen LogP contribution in [0.25, 0.3) is 0 Å². The van der Waals surface area contributed by atoms with Crippen LogP contribution in [0.4, 0.5) is 5.69 Å². The molecule has 152 valence electrons. The van der Waals surface area contributed by atoms with Crippen LogP contribution in [0.1, 0.15) is 12.5 Å². The van der Waals surface area contributed by atoms with Gasteiger partial charge in [-0.3, -0.25) is 4.79 Å². The monoisotopic (exact) mass is 408 g/mol. The summed E-state index contributed by atoms with van der Waals surface area (Å²) in [7, 11) is 1.93. The molecule has 0 bridgehead atoms. The van der Waals surface area contributed by atoms with Gasteiger partial charge in [-0.05, 0) is 24.3 Å². The lowest BCUT2D eigenvalue weighted by Gasteiger charge is -2.21. The molecule has 2 aromatic rings. The lowest BCUT2D eigenvalue weighted by Crippen LogP contribution is -2.27. The molecule has 2 rings (SSSR count). The number of benzene rings is 2. The highest BCUT2D eigenvalue weighted by Crippen LogP contribution is 2.34. The first-order chi connectivity index (χ1) is 13.2. The first-order valence-electron chi connectivity index (χ1n) is 8.36. The molecule has 2 aromatic carbocycles. The Bertz CT molecular complexity index is 959. The Morgan fingerprint density at radius 2 is 1.71 bits per heavy atom. The maximum Gasteiger partial charge on any atom is 0.246 e. The van der Waals surface area contributed by atoms with Crippen LogP contribution in [0.2, 0.25) is 0 Å². The van der Waals surface area contributed by atoms with Gasteiger partial charge in [0.15, 0.2) is 11.5 Å². The number of nitrogens with zero attached hydrogens (tertiary/aromatic N) is 1. The molecule has 0 aliphatic carbocycles. The fraction of sp³-hybridized carbons (Fsp3) is 0.316. The number of ether oxygens (including phenoxy) is 3. The zero-order valence-electron chi connectivity index (χ0n) is 16.5. The van der Waals surface area contributed by atoms with Gasteiger partial charge in [-0.15, -0.1) is 0 Å². The Kier molecular flexibility index (Phi) is 6.87. The van der Waals surface area contributed by atoms with Crippen molar-refractivity contribution in [2.24, 2.45) is 0 Å². The van der Waals surface area contributed by atoms with Crippen molar-refractivity contribution in [1.29, 1.82) is 0 Å². The summed E-state index contributed by atoms with van der Waals surface area (Å²) >= 11 is 0. The van der Waals surface area contributed by atoms with E-state index in [4.69, 9.17) is 14.2 Å². The average Bonchev–Trinajstić information content (AvgIpc) is 2.67. The molecule has 0 saturated carbocycles. The van der Waals surface area contributed by atoms with E-state index in [0.29, 0.717) is 22.7 Å². The number of methoxy groups -OCH3 is 3. The van der Waals surface area contributed by atoms with Crippen molar-refractivity contribution >= 4 is 21.6 Å². The van der Waals surface area contributed by atoms with E-state index in [2.05, 4.69) is 5.32 Å². The molecular weight excluding hydrogens is 384 g/mol. The molecule has 28 heavy (non-hydrogen) atoms. The summed E-state index contributed by atoms with van der Waals surface area (Å²) in [6.07, 6.45) is 0. The number of carbonyl (C=O) groups is 1. The molecule has 0 atom stereocenters. The van der Waals surface area contributed by atoms with Crippen molar-refractivity contribution in [2.45, 2.75) is 18.4 Å². The first-order valence-corrected chi connectivity index (χ1v) is 9.80. The smallest absolute Gasteiger partial charge is 0.246 e. The maximum absolute atomic E-state index is 13.2. The third kappa shape index (κ3) is 4.55. The zero-order chi connectivity index (χ0) is 20.9. The van der Waals surface area contributed by atoms with Gasteiger partial charge in [0, 0.05) is 31.8 Å². The van der Waals surface area contributed by atoms with E-state index in [1.54, 1.807) is 24.3 Å². The van der Waals surface area contributed by atoms with Crippen molar-refractivity contribution < 1.29 is 27.4 Å². The van der Waals surface area contributed by atoms with Gasteiger partial charge in [-0.1, -0.05) is 12.1 Å². The predicted octanol–water partition coefficient (Wildman–Crippen LogP) is 2.49. The maximum atomic E-state index is 13.2. The summed E-state index contributed by atoms with van der Waals surface area (Å²) in [5.74, 6) is 0.851. The van der Waals surface area contributed by atoms with E-state index in [1.165, 1.54) is 51.7 Å². The van der Waals surface area contributed by atoms with Gasteiger partial charge in [0.25, 0.3) is 0 Å². The summed E-state index contributed by atoms with van der Waals surface area (Å²) in [6.45, 7) is 1.40. The summed E-state index contributed by atoms with van der Waals surface area (Å²) in [5.41, 5.74) is 1.00. The Hall–Kier alpha value is -2.78. The van der Waals surface area contributed by atoms with Gasteiger partial charge in [0.05, 0.1) is 21.3 Å². The number of amides is 1. The molecule has 0 saturated heterocycles. The molecule has 0 aliphatic heterocycles. The van der Waals surface area contributed by atoms with Crippen molar-refractivity contribution in [3.05, 3.63) is 42.0 Å². The van der Waals surface area contributed by atoms with Gasteiger partial charge >= 0.3 is 0 Å². The van der Waals surface area contributed by atoms with Gasteiger partial charge in [0.2, 0.25) is 15.9 Å². The second-order valence-corrected chi connectivity index (χ2v) is 7.97. The Morgan fingerprint density at radius 1 is 1.04 bits per heavy atom. The fourth-order valence-corrected chi connectivity index (χ4v) is 4.06. The van der Waals surface area contributed by atoms with Crippen LogP contribution in [0.5, 0.6) is 17.2 Å². The molecule has 1 N–H and O–H groups in total. The highest BCUT2D eigenvalue weighted by molar-refractivity contribution is 7.89. The minimum absolute atomic E-state index is 0.0504. The predicted molar refractivity (Wildman–Crippen MR) is 105 cm³/mol. The highest BCUT2D eigenvalue weighted by Gasteiger charge is 2.27.